The van der Waals surface area contributed by atoms with E-state index in [1.807, 2.05) is 31.3 Å². The van der Waals surface area contributed by atoms with Gasteiger partial charge in [0.1, 0.15) is 5.75 Å². The molecule has 4 rings (SSSR count). The number of aromatic nitrogens is 3. The van der Waals surface area contributed by atoms with Crippen LogP contribution in [0.5, 0.6) is 11.6 Å². The molecule has 0 amide bonds. The molecule has 1 fully saturated rings. The highest BCUT2D eigenvalue weighted by Gasteiger charge is 2.21. The van der Waals surface area contributed by atoms with Crippen molar-refractivity contribution < 1.29 is 9.47 Å². The van der Waals surface area contributed by atoms with Gasteiger partial charge < -0.3 is 15.2 Å². The lowest BCUT2D eigenvalue weighted by Crippen LogP contribution is -2.16. The molecule has 0 radical (unpaired) electrons. The first-order valence-corrected chi connectivity index (χ1v) is 9.67. The van der Waals surface area contributed by atoms with Crippen LogP contribution in [-0.2, 0) is 18.3 Å². The van der Waals surface area contributed by atoms with Gasteiger partial charge in [0.25, 0.3) is 0 Å². The van der Waals surface area contributed by atoms with E-state index >= 15 is 0 Å². The Balaban J connectivity index is 1.67. The molecule has 0 spiro atoms. The van der Waals surface area contributed by atoms with Crippen LogP contribution in [0.2, 0.25) is 0 Å². The highest BCUT2D eigenvalue weighted by molar-refractivity contribution is 5.69. The normalized spacial score (nSPS) is 16.4. The molecule has 2 N–H and O–H groups in total. The summed E-state index contributed by atoms with van der Waals surface area (Å²) in [6.07, 6.45) is 3.85. The molecule has 3 aromatic rings. The van der Waals surface area contributed by atoms with E-state index in [-0.39, 0.29) is 5.92 Å². The summed E-state index contributed by atoms with van der Waals surface area (Å²) in [4.78, 5) is 4.50. The van der Waals surface area contributed by atoms with Gasteiger partial charge in [-0.15, -0.1) is 0 Å². The molecule has 1 atom stereocenters. The zero-order chi connectivity index (χ0) is 20.2. The summed E-state index contributed by atoms with van der Waals surface area (Å²) in [5, 5.41) is 13.9. The third kappa shape index (κ3) is 4.14. The molecule has 1 aromatic carbocycles. The first-order valence-electron chi connectivity index (χ1n) is 9.67. The van der Waals surface area contributed by atoms with Crippen LogP contribution < -0.4 is 10.5 Å². The summed E-state index contributed by atoms with van der Waals surface area (Å²) in [5.74, 6) is 1.45. The van der Waals surface area contributed by atoms with Crippen molar-refractivity contribution in [3.63, 3.8) is 0 Å². The predicted molar refractivity (Wildman–Crippen MR) is 108 cm³/mol. The van der Waals surface area contributed by atoms with Crippen LogP contribution in [0.15, 0.2) is 42.6 Å². The van der Waals surface area contributed by atoms with Gasteiger partial charge in [-0.2, -0.15) is 10.4 Å². The van der Waals surface area contributed by atoms with E-state index in [9.17, 15) is 5.26 Å². The van der Waals surface area contributed by atoms with Gasteiger partial charge in [-0.05, 0) is 42.7 Å². The minimum atomic E-state index is 0.280. The average molecular weight is 389 g/mol. The molecule has 1 aliphatic rings. The van der Waals surface area contributed by atoms with E-state index in [0.29, 0.717) is 30.3 Å². The molecule has 2 aromatic heterocycles. The highest BCUT2D eigenvalue weighted by Crippen LogP contribution is 2.35. The molecule has 148 valence electrons. The third-order valence-corrected chi connectivity index (χ3v) is 5.10. The summed E-state index contributed by atoms with van der Waals surface area (Å²) in [6, 6.07) is 13.3. The fourth-order valence-electron chi connectivity index (χ4n) is 3.45. The summed E-state index contributed by atoms with van der Waals surface area (Å²) in [6.45, 7) is 1.93. The number of hydrogen-bond acceptors (Lipinski definition) is 6. The standard InChI is InChI=1S/C22H23N5O2/c1-27-22(10-20(26-27)17-3-2-8-28-14-17)29-21-9-15(11-23)4-6-18(21)19-7-5-16(12-24)13-25-19/h4-7,9-10,13,17H,2-3,8,12,14,24H2,1H3/t17-/m0/s1. The lowest BCUT2D eigenvalue weighted by Gasteiger charge is -2.19. The SMILES string of the molecule is Cn1nc([C@H]2CCCOC2)cc1Oc1cc(C#N)ccc1-c1ccc(CN)cn1. The summed E-state index contributed by atoms with van der Waals surface area (Å²) < 4.78 is 13.5. The van der Waals surface area contributed by atoms with E-state index in [1.54, 1.807) is 23.0 Å². The fraction of sp³-hybridized carbons (Fsp3) is 0.318. The Labute approximate surface area is 169 Å². The van der Waals surface area contributed by atoms with Gasteiger partial charge in [-0.3, -0.25) is 4.98 Å². The summed E-state index contributed by atoms with van der Waals surface area (Å²) in [5.41, 5.74) is 9.66. The number of pyridine rings is 1. The molecule has 1 saturated heterocycles. The molecule has 0 aliphatic carbocycles. The predicted octanol–water partition coefficient (Wildman–Crippen LogP) is 3.50. The first kappa shape index (κ1) is 19.1. The Hall–Kier alpha value is -3.21. The van der Waals surface area contributed by atoms with Gasteiger partial charge >= 0.3 is 0 Å². The Bertz CT molecular complexity index is 1030. The van der Waals surface area contributed by atoms with E-state index in [2.05, 4.69) is 16.2 Å². The van der Waals surface area contributed by atoms with Crippen LogP contribution in [0.4, 0.5) is 0 Å². The topological polar surface area (TPSA) is 99.0 Å². The summed E-state index contributed by atoms with van der Waals surface area (Å²) >= 11 is 0. The van der Waals surface area contributed by atoms with Crippen molar-refractivity contribution in [1.82, 2.24) is 14.8 Å². The van der Waals surface area contributed by atoms with Gasteiger partial charge in [-0.25, -0.2) is 4.68 Å². The number of rotatable bonds is 5. The van der Waals surface area contributed by atoms with Crippen molar-refractivity contribution in [3.8, 4) is 29.0 Å². The van der Waals surface area contributed by atoms with Crippen molar-refractivity contribution in [2.24, 2.45) is 12.8 Å². The van der Waals surface area contributed by atoms with Crippen molar-refractivity contribution in [2.75, 3.05) is 13.2 Å². The van der Waals surface area contributed by atoms with Crippen molar-refractivity contribution >= 4 is 0 Å². The van der Waals surface area contributed by atoms with Crippen molar-refractivity contribution in [1.29, 1.82) is 5.26 Å². The smallest absolute Gasteiger partial charge is 0.217 e. The first-order chi connectivity index (χ1) is 14.2. The number of benzene rings is 1. The zero-order valence-electron chi connectivity index (χ0n) is 16.3. The highest BCUT2D eigenvalue weighted by atomic mass is 16.5. The molecule has 7 heteroatoms. The van der Waals surface area contributed by atoms with Crippen LogP contribution in [0.1, 0.15) is 35.6 Å². The lowest BCUT2D eigenvalue weighted by atomic mass is 9.99. The van der Waals surface area contributed by atoms with Gasteiger partial charge in [0.15, 0.2) is 0 Å². The van der Waals surface area contributed by atoms with Gasteiger partial charge in [0.05, 0.1) is 29.6 Å². The Morgan fingerprint density at radius 2 is 2.21 bits per heavy atom. The van der Waals surface area contributed by atoms with E-state index in [1.165, 1.54) is 0 Å². The number of hydrogen-bond donors (Lipinski definition) is 1. The van der Waals surface area contributed by atoms with Gasteiger partial charge in [-0.1, -0.05) is 6.07 Å². The molecular formula is C22H23N5O2. The second-order valence-electron chi connectivity index (χ2n) is 7.13. The molecule has 3 heterocycles. The van der Waals surface area contributed by atoms with Crippen molar-refractivity contribution in [3.05, 3.63) is 59.4 Å². The van der Waals surface area contributed by atoms with Crippen LogP contribution in [-0.4, -0.2) is 28.0 Å². The van der Waals surface area contributed by atoms with Crippen molar-refractivity contribution in [2.45, 2.75) is 25.3 Å². The number of nitrogens with two attached hydrogens (primary N) is 1. The molecular weight excluding hydrogens is 366 g/mol. The number of ether oxygens (including phenoxy) is 2. The molecule has 0 bridgehead atoms. The molecule has 0 unspecified atom stereocenters. The lowest BCUT2D eigenvalue weighted by molar-refractivity contribution is 0.0791. The Kier molecular flexibility index (Phi) is 5.56. The fourth-order valence-corrected chi connectivity index (χ4v) is 3.45. The Morgan fingerprint density at radius 1 is 1.31 bits per heavy atom. The maximum atomic E-state index is 9.32. The quantitative estimate of drug-likeness (QED) is 0.717. The maximum absolute atomic E-state index is 9.32. The molecule has 1 aliphatic heterocycles. The second-order valence-corrected chi connectivity index (χ2v) is 7.13. The Morgan fingerprint density at radius 3 is 2.90 bits per heavy atom. The molecule has 29 heavy (non-hydrogen) atoms. The van der Waals surface area contributed by atoms with E-state index in [0.717, 1.165) is 42.0 Å². The molecule has 0 saturated carbocycles. The van der Waals surface area contributed by atoms with E-state index < -0.39 is 0 Å². The van der Waals surface area contributed by atoms with Gasteiger partial charge in [0.2, 0.25) is 5.88 Å². The number of nitrogens with zero attached hydrogens (tertiary/aromatic N) is 4. The summed E-state index contributed by atoms with van der Waals surface area (Å²) in [7, 11) is 1.85. The van der Waals surface area contributed by atoms with Crippen LogP contribution in [0.25, 0.3) is 11.3 Å². The van der Waals surface area contributed by atoms with Crippen LogP contribution in [0.3, 0.4) is 0 Å². The molecule has 7 nitrogen and oxygen atoms in total. The number of nitriles is 1. The second kappa shape index (κ2) is 8.43. The van der Waals surface area contributed by atoms with Crippen LogP contribution >= 0.6 is 0 Å². The maximum Gasteiger partial charge on any atom is 0.217 e. The minimum Gasteiger partial charge on any atom is -0.439 e. The van der Waals surface area contributed by atoms with E-state index in [4.69, 9.17) is 15.2 Å². The third-order valence-electron chi connectivity index (χ3n) is 5.10. The minimum absolute atomic E-state index is 0.280. The monoisotopic (exact) mass is 389 g/mol. The van der Waals surface area contributed by atoms with Gasteiger partial charge in [0, 0.05) is 43.9 Å². The van der Waals surface area contributed by atoms with Crippen LogP contribution in [0, 0.1) is 11.3 Å². The average Bonchev–Trinajstić information content (AvgIpc) is 3.14. The zero-order valence-corrected chi connectivity index (χ0v) is 16.3. The largest absolute Gasteiger partial charge is 0.439 e. The number of aryl methyl sites for hydroxylation is 1.